The van der Waals surface area contributed by atoms with Crippen molar-refractivity contribution < 1.29 is 9.47 Å². The molecule has 0 fully saturated rings. The quantitative estimate of drug-likeness (QED) is 0.773. The largest absolute Gasteiger partial charge is 0.493 e. The van der Waals surface area contributed by atoms with Gasteiger partial charge in [0.25, 0.3) is 0 Å². The summed E-state index contributed by atoms with van der Waals surface area (Å²) in [6.45, 7) is 0.289. The van der Waals surface area contributed by atoms with Crippen molar-refractivity contribution in [1.82, 2.24) is 20.0 Å². The van der Waals surface area contributed by atoms with Crippen LogP contribution < -0.4 is 15.2 Å². The lowest BCUT2D eigenvalue weighted by Crippen LogP contribution is -2.03. The van der Waals surface area contributed by atoms with Gasteiger partial charge >= 0.3 is 0 Å². The molecule has 118 valence electrons. The molecule has 0 aliphatic carbocycles. The molecule has 3 aromatic rings. The highest BCUT2D eigenvalue weighted by molar-refractivity contribution is 5.64. The van der Waals surface area contributed by atoms with Crippen LogP contribution in [0.2, 0.25) is 0 Å². The highest BCUT2D eigenvalue weighted by Gasteiger charge is 2.16. The first-order valence-electron chi connectivity index (χ1n) is 7.06. The van der Waals surface area contributed by atoms with E-state index in [1.807, 2.05) is 30.3 Å². The number of nitrogens with zero attached hydrogens (tertiary/aromatic N) is 4. The van der Waals surface area contributed by atoms with Gasteiger partial charge in [0, 0.05) is 30.6 Å². The molecule has 23 heavy (non-hydrogen) atoms. The molecular formula is C16H17N5O2. The van der Waals surface area contributed by atoms with Gasteiger partial charge in [0.05, 0.1) is 19.9 Å². The van der Waals surface area contributed by atoms with Crippen molar-refractivity contribution in [3.8, 4) is 28.4 Å². The fourth-order valence-electron chi connectivity index (χ4n) is 2.38. The van der Waals surface area contributed by atoms with Gasteiger partial charge in [-0.3, -0.25) is 4.98 Å². The minimum Gasteiger partial charge on any atom is -0.493 e. The Bertz CT molecular complexity index is 801. The molecule has 0 amide bonds. The summed E-state index contributed by atoms with van der Waals surface area (Å²) < 4.78 is 12.3. The topological polar surface area (TPSA) is 88.1 Å². The van der Waals surface area contributed by atoms with Gasteiger partial charge in [-0.15, -0.1) is 5.10 Å². The Hall–Kier alpha value is -2.93. The van der Waals surface area contributed by atoms with Gasteiger partial charge in [-0.1, -0.05) is 5.21 Å². The lowest BCUT2D eigenvalue weighted by Gasteiger charge is -2.11. The van der Waals surface area contributed by atoms with E-state index in [1.165, 1.54) is 0 Å². The summed E-state index contributed by atoms with van der Waals surface area (Å²) in [6, 6.07) is 9.36. The number of hydrogen-bond acceptors (Lipinski definition) is 6. The molecular weight excluding hydrogens is 294 g/mol. The number of benzene rings is 1. The fourth-order valence-corrected chi connectivity index (χ4v) is 2.38. The van der Waals surface area contributed by atoms with E-state index in [1.54, 1.807) is 31.3 Å². The van der Waals surface area contributed by atoms with Crippen molar-refractivity contribution in [2.45, 2.75) is 6.54 Å². The van der Waals surface area contributed by atoms with Crippen LogP contribution in [-0.2, 0) is 6.54 Å². The molecule has 0 bridgehead atoms. The van der Waals surface area contributed by atoms with Crippen molar-refractivity contribution in [1.29, 1.82) is 0 Å². The van der Waals surface area contributed by atoms with Crippen LogP contribution in [-0.4, -0.2) is 34.2 Å². The van der Waals surface area contributed by atoms with Gasteiger partial charge in [0.15, 0.2) is 11.5 Å². The molecule has 7 nitrogen and oxygen atoms in total. The van der Waals surface area contributed by atoms with E-state index in [-0.39, 0.29) is 6.54 Å². The Balaban J connectivity index is 2.16. The minimum absolute atomic E-state index is 0.289. The van der Waals surface area contributed by atoms with E-state index in [2.05, 4.69) is 15.3 Å². The third-order valence-corrected chi connectivity index (χ3v) is 3.48. The van der Waals surface area contributed by atoms with Crippen LogP contribution in [0.5, 0.6) is 11.5 Å². The second-order valence-electron chi connectivity index (χ2n) is 4.78. The SMILES string of the molecule is COc1ccc(-n2nnc(CN)c2-c2cccnc2)cc1OC. The first-order chi connectivity index (χ1) is 11.3. The van der Waals surface area contributed by atoms with E-state index >= 15 is 0 Å². The zero-order valence-corrected chi connectivity index (χ0v) is 12.9. The second kappa shape index (κ2) is 6.45. The molecule has 1 aromatic carbocycles. The average Bonchev–Trinajstić information content (AvgIpc) is 3.05. The molecule has 0 unspecified atom stereocenters. The van der Waals surface area contributed by atoms with Gasteiger partial charge in [0.2, 0.25) is 0 Å². The summed E-state index contributed by atoms with van der Waals surface area (Å²) in [5.74, 6) is 1.27. The lowest BCUT2D eigenvalue weighted by atomic mass is 10.1. The average molecular weight is 311 g/mol. The normalized spacial score (nSPS) is 10.6. The summed E-state index contributed by atoms with van der Waals surface area (Å²) in [6.07, 6.45) is 3.48. The Kier molecular flexibility index (Phi) is 4.20. The van der Waals surface area contributed by atoms with Crippen molar-refractivity contribution >= 4 is 0 Å². The highest BCUT2D eigenvalue weighted by Crippen LogP contribution is 2.31. The number of hydrogen-bond donors (Lipinski definition) is 1. The van der Waals surface area contributed by atoms with Crippen molar-refractivity contribution in [3.63, 3.8) is 0 Å². The Morgan fingerprint density at radius 1 is 1.13 bits per heavy atom. The number of rotatable bonds is 5. The zero-order chi connectivity index (χ0) is 16.2. The first kappa shape index (κ1) is 15.0. The van der Waals surface area contributed by atoms with Gasteiger partial charge in [-0.2, -0.15) is 0 Å². The second-order valence-corrected chi connectivity index (χ2v) is 4.78. The van der Waals surface area contributed by atoms with Crippen molar-refractivity contribution in [3.05, 3.63) is 48.4 Å². The third-order valence-electron chi connectivity index (χ3n) is 3.48. The molecule has 2 N–H and O–H groups in total. The van der Waals surface area contributed by atoms with Crippen molar-refractivity contribution in [2.24, 2.45) is 5.73 Å². The van der Waals surface area contributed by atoms with Crippen LogP contribution in [0, 0.1) is 0 Å². The van der Waals surface area contributed by atoms with Crippen LogP contribution in [0.25, 0.3) is 16.9 Å². The standard InChI is InChI=1S/C16H17N5O2/c1-22-14-6-5-12(8-15(14)23-2)21-16(13(9-17)19-20-21)11-4-3-7-18-10-11/h3-8,10H,9,17H2,1-2H3. The zero-order valence-electron chi connectivity index (χ0n) is 12.9. The van der Waals surface area contributed by atoms with Gasteiger partial charge in [-0.05, 0) is 24.3 Å². The van der Waals surface area contributed by atoms with Crippen LogP contribution in [0.4, 0.5) is 0 Å². The maximum atomic E-state index is 5.80. The number of ether oxygens (including phenoxy) is 2. The molecule has 0 saturated heterocycles. The van der Waals surface area contributed by atoms with E-state index in [9.17, 15) is 0 Å². The smallest absolute Gasteiger partial charge is 0.162 e. The molecule has 0 aliphatic rings. The maximum absolute atomic E-state index is 5.80. The Morgan fingerprint density at radius 3 is 2.61 bits per heavy atom. The van der Waals surface area contributed by atoms with Gasteiger partial charge in [-0.25, -0.2) is 4.68 Å². The molecule has 2 aromatic heterocycles. The van der Waals surface area contributed by atoms with E-state index in [0.29, 0.717) is 17.2 Å². The predicted octanol–water partition coefficient (Wildman–Crippen LogP) is 1.81. The van der Waals surface area contributed by atoms with Gasteiger partial charge < -0.3 is 15.2 Å². The molecule has 0 aliphatic heterocycles. The number of aromatic nitrogens is 4. The predicted molar refractivity (Wildman–Crippen MR) is 85.6 cm³/mol. The maximum Gasteiger partial charge on any atom is 0.162 e. The van der Waals surface area contributed by atoms with Crippen LogP contribution in [0.3, 0.4) is 0 Å². The molecule has 7 heteroatoms. The molecule has 0 radical (unpaired) electrons. The summed E-state index contributed by atoms with van der Waals surface area (Å²) in [7, 11) is 3.19. The summed E-state index contributed by atoms with van der Waals surface area (Å²) in [5.41, 5.74) is 9.01. The Labute approximate surface area is 133 Å². The van der Waals surface area contributed by atoms with E-state index in [4.69, 9.17) is 15.2 Å². The molecule has 3 rings (SSSR count). The molecule has 2 heterocycles. The van der Waals surface area contributed by atoms with E-state index < -0.39 is 0 Å². The van der Waals surface area contributed by atoms with Crippen LogP contribution in [0.1, 0.15) is 5.69 Å². The monoisotopic (exact) mass is 311 g/mol. The summed E-state index contributed by atoms with van der Waals surface area (Å²) in [5, 5.41) is 8.40. The lowest BCUT2D eigenvalue weighted by molar-refractivity contribution is 0.354. The van der Waals surface area contributed by atoms with Crippen LogP contribution >= 0.6 is 0 Å². The number of nitrogens with two attached hydrogens (primary N) is 1. The molecule has 0 atom stereocenters. The third kappa shape index (κ3) is 2.74. The highest BCUT2D eigenvalue weighted by atomic mass is 16.5. The summed E-state index contributed by atoms with van der Waals surface area (Å²) in [4.78, 5) is 4.16. The van der Waals surface area contributed by atoms with E-state index in [0.717, 1.165) is 16.9 Å². The van der Waals surface area contributed by atoms with Crippen LogP contribution in [0.15, 0.2) is 42.7 Å². The molecule has 0 spiro atoms. The fraction of sp³-hybridized carbons (Fsp3) is 0.188. The Morgan fingerprint density at radius 2 is 1.96 bits per heavy atom. The molecule has 0 saturated carbocycles. The summed E-state index contributed by atoms with van der Waals surface area (Å²) >= 11 is 0. The first-order valence-corrected chi connectivity index (χ1v) is 7.06. The van der Waals surface area contributed by atoms with Crippen molar-refractivity contribution in [2.75, 3.05) is 14.2 Å². The number of pyridine rings is 1. The number of methoxy groups -OCH3 is 2. The minimum atomic E-state index is 0.289. The van der Waals surface area contributed by atoms with Gasteiger partial charge in [0.1, 0.15) is 11.4 Å².